The topological polar surface area (TPSA) is 164 Å². The summed E-state index contributed by atoms with van der Waals surface area (Å²) in [5.41, 5.74) is 18.1. The van der Waals surface area contributed by atoms with Crippen molar-refractivity contribution >= 4 is 28.8 Å². The van der Waals surface area contributed by atoms with Gasteiger partial charge in [-0.2, -0.15) is 13.2 Å². The van der Waals surface area contributed by atoms with Crippen LogP contribution in [0.15, 0.2) is 102 Å². The molecule has 13 heteroatoms. The number of benzene rings is 4. The van der Waals surface area contributed by atoms with Crippen molar-refractivity contribution in [1.29, 1.82) is 0 Å². The first-order valence-electron chi connectivity index (χ1n) is 14.6. The minimum absolute atomic E-state index is 0.0638. The number of hydrogen-bond donors (Lipinski definition) is 4. The lowest BCUT2D eigenvalue weighted by Crippen LogP contribution is -2.27. The van der Waals surface area contributed by atoms with E-state index >= 15 is 0 Å². The molecule has 0 saturated carbocycles. The average Bonchev–Trinajstić information content (AvgIpc) is 3.42. The smallest absolute Gasteiger partial charge is 0.416 e. The molecule has 0 fully saturated rings. The van der Waals surface area contributed by atoms with Crippen LogP contribution in [0.25, 0.3) is 22.4 Å². The first kappa shape index (κ1) is 32.5. The monoisotopic (exact) mass is 643 g/mol. The van der Waals surface area contributed by atoms with Crippen molar-refractivity contribution in [3.8, 4) is 22.9 Å². The first-order valence-corrected chi connectivity index (χ1v) is 14.6. The van der Waals surface area contributed by atoms with Crippen LogP contribution < -0.4 is 27.3 Å². The number of primary amides is 1. The van der Waals surface area contributed by atoms with Crippen molar-refractivity contribution in [1.82, 2.24) is 14.9 Å². The Balaban J connectivity index is 1.46. The van der Waals surface area contributed by atoms with Crippen molar-refractivity contribution < 1.29 is 27.5 Å². The normalized spacial score (nSPS) is 12.0. The van der Waals surface area contributed by atoms with E-state index in [4.69, 9.17) is 26.9 Å². The van der Waals surface area contributed by atoms with E-state index in [2.05, 4.69) is 10.3 Å². The van der Waals surface area contributed by atoms with Crippen LogP contribution in [0.4, 0.5) is 13.2 Å². The average molecular weight is 644 g/mol. The van der Waals surface area contributed by atoms with Crippen LogP contribution in [0, 0.1) is 0 Å². The zero-order chi connectivity index (χ0) is 33.6. The molecule has 1 heterocycles. The Hall–Kier alpha value is -5.85. The Morgan fingerprint density at radius 2 is 1.62 bits per heavy atom. The van der Waals surface area contributed by atoms with Gasteiger partial charge in [-0.3, -0.25) is 14.6 Å². The number of para-hydroxylation sites is 1. The number of carbonyl (C=O) groups is 2. The predicted molar refractivity (Wildman–Crippen MR) is 172 cm³/mol. The van der Waals surface area contributed by atoms with E-state index in [1.807, 2.05) is 30.3 Å². The number of carbonyl (C=O) groups excluding carboxylic acids is 2. The van der Waals surface area contributed by atoms with Crippen LogP contribution in [-0.4, -0.2) is 33.9 Å². The van der Waals surface area contributed by atoms with Crippen LogP contribution in [-0.2, 0) is 17.5 Å². The maximum Gasteiger partial charge on any atom is 0.416 e. The lowest BCUT2D eigenvalue weighted by Gasteiger charge is -2.19. The van der Waals surface area contributed by atoms with Gasteiger partial charge in [0.2, 0.25) is 5.91 Å². The molecule has 5 aromatic rings. The molecule has 2 amide bonds. The predicted octanol–water partition coefficient (Wildman–Crippen LogP) is 5.52. The number of nitrogens with zero attached hydrogens (tertiary/aromatic N) is 3. The van der Waals surface area contributed by atoms with E-state index in [0.717, 1.165) is 12.1 Å². The molecule has 47 heavy (non-hydrogen) atoms. The van der Waals surface area contributed by atoms with Crippen LogP contribution in [0.1, 0.15) is 40.4 Å². The summed E-state index contributed by atoms with van der Waals surface area (Å²) in [7, 11) is 0. The SMILES string of the molecule is NC(=O)[C@H](CCCN=C(N)N)n1c(-c2ccc(Oc3ccccc3)cc2)nc2cc(C(=O)NCc3cccc(C(F)(F)F)c3)ccc21. The minimum Gasteiger partial charge on any atom is -0.457 e. The molecular formula is C34H32F3N7O3. The Morgan fingerprint density at radius 1 is 0.894 bits per heavy atom. The zero-order valence-corrected chi connectivity index (χ0v) is 25.1. The van der Waals surface area contributed by atoms with E-state index < -0.39 is 29.6 Å². The van der Waals surface area contributed by atoms with Gasteiger partial charge in [0.25, 0.3) is 5.91 Å². The van der Waals surface area contributed by atoms with Gasteiger partial charge in [0.15, 0.2) is 5.96 Å². The second-order valence-corrected chi connectivity index (χ2v) is 10.7. The quantitative estimate of drug-likeness (QED) is 0.0794. The molecule has 242 valence electrons. The maximum atomic E-state index is 13.1. The molecule has 0 aliphatic carbocycles. The van der Waals surface area contributed by atoms with E-state index in [9.17, 15) is 22.8 Å². The van der Waals surface area contributed by atoms with Crippen LogP contribution >= 0.6 is 0 Å². The zero-order valence-electron chi connectivity index (χ0n) is 25.1. The maximum absolute atomic E-state index is 13.1. The van der Waals surface area contributed by atoms with Gasteiger partial charge in [0.1, 0.15) is 23.4 Å². The number of halogens is 3. The third-order valence-electron chi connectivity index (χ3n) is 7.32. The van der Waals surface area contributed by atoms with Gasteiger partial charge >= 0.3 is 6.18 Å². The largest absolute Gasteiger partial charge is 0.457 e. The molecule has 1 aromatic heterocycles. The highest BCUT2D eigenvalue weighted by atomic mass is 19.4. The molecular weight excluding hydrogens is 611 g/mol. The number of nitrogens with one attached hydrogen (secondary N) is 1. The third kappa shape index (κ3) is 8.06. The van der Waals surface area contributed by atoms with Crippen molar-refractivity contribution in [3.05, 3.63) is 114 Å². The summed E-state index contributed by atoms with van der Waals surface area (Å²) in [6.45, 7) is 0.174. The number of hydrogen-bond acceptors (Lipinski definition) is 5. The van der Waals surface area contributed by atoms with E-state index in [1.54, 1.807) is 47.0 Å². The number of aromatic nitrogens is 2. The Labute approximate surface area is 268 Å². The molecule has 0 aliphatic heterocycles. The molecule has 7 N–H and O–H groups in total. The number of fused-ring (bicyclic) bond motifs is 1. The minimum atomic E-state index is -4.50. The van der Waals surface area contributed by atoms with Gasteiger partial charge in [-0.1, -0.05) is 30.3 Å². The Kier molecular flexibility index (Phi) is 9.74. The van der Waals surface area contributed by atoms with Gasteiger partial charge < -0.3 is 31.8 Å². The Morgan fingerprint density at radius 3 is 2.30 bits per heavy atom. The number of alkyl halides is 3. The number of guanidine groups is 1. The summed E-state index contributed by atoms with van der Waals surface area (Å²) in [4.78, 5) is 34.7. The van der Waals surface area contributed by atoms with Crippen molar-refractivity contribution in [2.24, 2.45) is 22.2 Å². The highest BCUT2D eigenvalue weighted by molar-refractivity contribution is 5.98. The summed E-state index contributed by atoms with van der Waals surface area (Å²) < 4.78 is 47.0. The highest BCUT2D eigenvalue weighted by Gasteiger charge is 2.30. The summed E-state index contributed by atoms with van der Waals surface area (Å²) in [6, 6.07) is 25.1. The highest BCUT2D eigenvalue weighted by Crippen LogP contribution is 2.33. The van der Waals surface area contributed by atoms with Crippen LogP contribution in [0.5, 0.6) is 11.5 Å². The fraction of sp³-hybridized carbons (Fsp3) is 0.176. The van der Waals surface area contributed by atoms with Crippen molar-refractivity contribution in [2.75, 3.05) is 6.54 Å². The number of amides is 2. The van der Waals surface area contributed by atoms with Gasteiger partial charge in [-0.15, -0.1) is 0 Å². The lowest BCUT2D eigenvalue weighted by molar-refractivity contribution is -0.137. The summed E-state index contributed by atoms with van der Waals surface area (Å²) in [5, 5.41) is 2.66. The van der Waals surface area contributed by atoms with Gasteiger partial charge in [0, 0.05) is 24.2 Å². The molecule has 0 bridgehead atoms. The van der Waals surface area contributed by atoms with Gasteiger partial charge in [0.05, 0.1) is 16.6 Å². The number of nitrogens with two attached hydrogens (primary N) is 3. The molecule has 0 aliphatic rings. The van der Waals surface area contributed by atoms with Crippen LogP contribution in [0.3, 0.4) is 0 Å². The molecule has 0 saturated heterocycles. The number of ether oxygens (including phenoxy) is 1. The van der Waals surface area contributed by atoms with Crippen molar-refractivity contribution in [3.63, 3.8) is 0 Å². The number of aliphatic imine (C=N–C) groups is 1. The molecule has 1 atom stereocenters. The molecule has 5 rings (SSSR count). The summed E-state index contributed by atoms with van der Waals surface area (Å²) in [5.74, 6) is 0.519. The third-order valence-corrected chi connectivity index (χ3v) is 7.32. The van der Waals surface area contributed by atoms with E-state index in [1.165, 1.54) is 12.1 Å². The van der Waals surface area contributed by atoms with Gasteiger partial charge in [-0.05, 0) is 85.1 Å². The van der Waals surface area contributed by atoms with Crippen molar-refractivity contribution in [2.45, 2.75) is 31.6 Å². The first-order chi connectivity index (χ1) is 22.5. The summed E-state index contributed by atoms with van der Waals surface area (Å²) >= 11 is 0. The Bertz CT molecular complexity index is 1900. The molecule has 0 radical (unpaired) electrons. The molecule has 0 spiro atoms. The fourth-order valence-electron chi connectivity index (χ4n) is 5.09. The second-order valence-electron chi connectivity index (χ2n) is 10.7. The second kappa shape index (κ2) is 14.1. The summed E-state index contributed by atoms with van der Waals surface area (Å²) in [6.07, 6.45) is -3.74. The molecule has 10 nitrogen and oxygen atoms in total. The number of rotatable bonds is 12. The van der Waals surface area contributed by atoms with Crippen LogP contribution in [0.2, 0.25) is 0 Å². The lowest BCUT2D eigenvalue weighted by atomic mass is 10.1. The fourth-order valence-corrected chi connectivity index (χ4v) is 5.09. The van der Waals surface area contributed by atoms with Gasteiger partial charge in [-0.25, -0.2) is 4.98 Å². The molecule has 0 unspecified atom stereocenters. The number of imidazole rings is 1. The standard InChI is InChI=1S/C34H32F3N7O3/c35-34(36,37)24-7-4-6-21(18-24)20-42-32(46)23-13-16-28-27(19-23)43-31(44(28)29(30(38)45)10-5-17-41-33(39)40)22-11-14-26(15-12-22)47-25-8-2-1-3-9-25/h1-4,6-9,11-16,18-19,29H,5,10,17,20H2,(H2,38,45)(H,42,46)(H4,39,40,41)/t29-/m0/s1. The van der Waals surface area contributed by atoms with E-state index in [-0.39, 0.29) is 24.6 Å². The molecule has 4 aromatic carbocycles. The van der Waals surface area contributed by atoms with E-state index in [0.29, 0.717) is 52.3 Å².